The van der Waals surface area contributed by atoms with Gasteiger partial charge in [0.1, 0.15) is 13.5 Å². The summed E-state index contributed by atoms with van der Waals surface area (Å²) in [5.74, 6) is 0.457. The number of imide groups is 1. The lowest BCUT2D eigenvalue weighted by molar-refractivity contribution is -0.138. The van der Waals surface area contributed by atoms with Crippen molar-refractivity contribution in [3.05, 3.63) is 34.3 Å². The molecular formula is C16H21BrN2O4S. The number of ether oxygens (including phenoxy) is 2. The fourth-order valence-corrected chi connectivity index (χ4v) is 3.68. The molecule has 24 heavy (non-hydrogen) atoms. The summed E-state index contributed by atoms with van der Waals surface area (Å²) in [6.45, 7) is -0.0370. The summed E-state index contributed by atoms with van der Waals surface area (Å²) in [6.07, 6.45) is 2.48. The zero-order valence-electron chi connectivity index (χ0n) is 14.0. The van der Waals surface area contributed by atoms with Crippen LogP contribution in [0.15, 0.2) is 28.7 Å². The van der Waals surface area contributed by atoms with Gasteiger partial charge in [-0.3, -0.25) is 9.69 Å². The minimum Gasteiger partial charge on any atom is -0.364 e. The molecule has 0 saturated carbocycles. The number of urea groups is 1. The number of rotatable bonds is 8. The van der Waals surface area contributed by atoms with Crippen molar-refractivity contribution in [1.29, 1.82) is 0 Å². The second-order valence-electron chi connectivity index (χ2n) is 5.39. The summed E-state index contributed by atoms with van der Waals surface area (Å²) in [5, 5.41) is 0. The highest BCUT2D eigenvalue weighted by molar-refractivity contribution is 9.10. The van der Waals surface area contributed by atoms with Crippen molar-refractivity contribution in [1.82, 2.24) is 9.80 Å². The average Bonchev–Trinajstić information content (AvgIpc) is 2.77. The van der Waals surface area contributed by atoms with Crippen LogP contribution in [-0.2, 0) is 19.8 Å². The van der Waals surface area contributed by atoms with E-state index in [0.29, 0.717) is 6.42 Å². The Morgan fingerprint density at radius 1 is 1.12 bits per heavy atom. The van der Waals surface area contributed by atoms with Crippen LogP contribution in [-0.4, -0.2) is 61.4 Å². The van der Waals surface area contributed by atoms with Crippen molar-refractivity contribution in [2.24, 2.45) is 0 Å². The second-order valence-corrected chi connectivity index (χ2v) is 7.29. The minimum atomic E-state index is -1.07. The molecule has 0 unspecified atom stereocenters. The van der Waals surface area contributed by atoms with Crippen LogP contribution in [0, 0.1) is 0 Å². The van der Waals surface area contributed by atoms with Gasteiger partial charge in [0.25, 0.3) is 5.91 Å². The Morgan fingerprint density at radius 3 is 2.29 bits per heavy atom. The third-order valence-corrected chi connectivity index (χ3v) is 5.17. The van der Waals surface area contributed by atoms with Gasteiger partial charge in [-0.25, -0.2) is 9.69 Å². The van der Waals surface area contributed by atoms with Crippen LogP contribution in [0.5, 0.6) is 0 Å². The molecule has 132 valence electrons. The molecule has 0 bridgehead atoms. The summed E-state index contributed by atoms with van der Waals surface area (Å²) in [6, 6.07) is 7.09. The molecule has 1 fully saturated rings. The van der Waals surface area contributed by atoms with Gasteiger partial charge in [0.15, 0.2) is 5.54 Å². The number of hydrogen-bond acceptors (Lipinski definition) is 5. The van der Waals surface area contributed by atoms with E-state index in [0.717, 1.165) is 20.7 Å². The number of methoxy groups -OCH3 is 2. The molecule has 1 heterocycles. The maximum atomic E-state index is 13.2. The fraction of sp³-hybridized carbons (Fsp3) is 0.500. The maximum Gasteiger partial charge on any atom is 0.331 e. The number of carbonyl (C=O) groups excluding carboxylic acids is 2. The van der Waals surface area contributed by atoms with Gasteiger partial charge in [-0.2, -0.15) is 11.8 Å². The van der Waals surface area contributed by atoms with Gasteiger partial charge in [-0.15, -0.1) is 0 Å². The lowest BCUT2D eigenvalue weighted by atomic mass is 9.86. The van der Waals surface area contributed by atoms with E-state index in [-0.39, 0.29) is 19.4 Å². The van der Waals surface area contributed by atoms with Crippen LogP contribution >= 0.6 is 27.7 Å². The van der Waals surface area contributed by atoms with Crippen LogP contribution in [0.1, 0.15) is 12.0 Å². The highest BCUT2D eigenvalue weighted by Gasteiger charge is 2.57. The average molecular weight is 417 g/mol. The van der Waals surface area contributed by atoms with E-state index < -0.39 is 11.6 Å². The van der Waals surface area contributed by atoms with Crippen LogP contribution in [0.4, 0.5) is 4.79 Å². The van der Waals surface area contributed by atoms with E-state index in [1.165, 1.54) is 19.1 Å². The van der Waals surface area contributed by atoms with Crippen LogP contribution in [0.25, 0.3) is 0 Å². The molecule has 0 radical (unpaired) electrons. The molecule has 0 N–H and O–H groups in total. The number of benzene rings is 1. The van der Waals surface area contributed by atoms with Gasteiger partial charge in [-0.1, -0.05) is 28.1 Å². The highest BCUT2D eigenvalue weighted by Crippen LogP contribution is 2.41. The molecule has 1 aromatic rings. The van der Waals surface area contributed by atoms with Crippen LogP contribution in [0.3, 0.4) is 0 Å². The first-order chi connectivity index (χ1) is 11.5. The maximum absolute atomic E-state index is 13.2. The second kappa shape index (κ2) is 8.33. The topological polar surface area (TPSA) is 59.1 Å². The van der Waals surface area contributed by atoms with Crippen molar-refractivity contribution in [2.45, 2.75) is 12.0 Å². The molecule has 6 nitrogen and oxygen atoms in total. The minimum absolute atomic E-state index is 0.0369. The van der Waals surface area contributed by atoms with Crippen molar-refractivity contribution >= 4 is 39.6 Å². The van der Waals surface area contributed by atoms with Gasteiger partial charge in [0.05, 0.1) is 0 Å². The van der Waals surface area contributed by atoms with E-state index in [1.54, 1.807) is 11.8 Å². The Hall–Kier alpha value is -1.09. The predicted molar refractivity (Wildman–Crippen MR) is 96.7 cm³/mol. The number of amides is 3. The van der Waals surface area contributed by atoms with Gasteiger partial charge in [-0.05, 0) is 36.1 Å². The van der Waals surface area contributed by atoms with E-state index in [2.05, 4.69) is 15.9 Å². The standard InChI is InChI=1S/C16H21BrN2O4S/c1-22-10-18-14(20)16(8-9-24-3,19(11-23-2)15(18)21)12-4-6-13(17)7-5-12/h4-7H,8-11H2,1-3H3/t16-/m0/s1. The normalized spacial score (nSPS) is 21.0. The van der Waals surface area contributed by atoms with Crippen molar-refractivity contribution in [2.75, 3.05) is 39.7 Å². The number of carbonyl (C=O) groups is 2. The molecule has 3 amide bonds. The number of halogens is 1. The van der Waals surface area contributed by atoms with Crippen LogP contribution in [0.2, 0.25) is 0 Å². The summed E-state index contributed by atoms with van der Waals surface area (Å²) < 4.78 is 11.2. The summed E-state index contributed by atoms with van der Waals surface area (Å²) in [5.41, 5.74) is -0.302. The fourth-order valence-electron chi connectivity index (χ4n) is 2.91. The molecular weight excluding hydrogens is 396 g/mol. The molecule has 1 saturated heterocycles. The molecule has 2 rings (SSSR count). The largest absolute Gasteiger partial charge is 0.364 e. The van der Waals surface area contributed by atoms with E-state index in [4.69, 9.17) is 9.47 Å². The molecule has 8 heteroatoms. The summed E-state index contributed by atoms with van der Waals surface area (Å²) >= 11 is 5.04. The molecule has 0 aliphatic carbocycles. The van der Waals surface area contributed by atoms with E-state index in [1.807, 2.05) is 30.5 Å². The first kappa shape index (κ1) is 19.2. The Balaban J connectivity index is 2.57. The quantitative estimate of drug-likeness (QED) is 0.609. The van der Waals surface area contributed by atoms with E-state index in [9.17, 15) is 9.59 Å². The first-order valence-corrected chi connectivity index (χ1v) is 9.58. The Morgan fingerprint density at radius 2 is 1.75 bits per heavy atom. The Labute approximate surface area is 154 Å². The SMILES string of the molecule is COCN1C(=O)N(COC)[C@@](CCSC)(c2ccc(Br)cc2)C1=O. The van der Waals surface area contributed by atoms with Crippen molar-refractivity contribution < 1.29 is 19.1 Å². The number of nitrogens with zero attached hydrogens (tertiary/aromatic N) is 2. The highest BCUT2D eigenvalue weighted by atomic mass is 79.9. The van der Waals surface area contributed by atoms with Crippen LogP contribution < -0.4 is 0 Å². The Kier molecular flexibility index (Phi) is 6.68. The van der Waals surface area contributed by atoms with Gasteiger partial charge in [0.2, 0.25) is 0 Å². The molecule has 0 aromatic heterocycles. The molecule has 1 aliphatic rings. The molecule has 1 aromatic carbocycles. The summed E-state index contributed by atoms with van der Waals surface area (Å²) in [4.78, 5) is 28.6. The Bertz CT molecular complexity index is 598. The number of hydrogen-bond donors (Lipinski definition) is 0. The lowest BCUT2D eigenvalue weighted by Crippen LogP contribution is -2.48. The van der Waals surface area contributed by atoms with E-state index >= 15 is 0 Å². The van der Waals surface area contributed by atoms with Crippen molar-refractivity contribution in [3.63, 3.8) is 0 Å². The zero-order chi connectivity index (χ0) is 17.7. The predicted octanol–water partition coefficient (Wildman–Crippen LogP) is 2.87. The monoisotopic (exact) mass is 416 g/mol. The van der Waals surface area contributed by atoms with Gasteiger partial charge < -0.3 is 9.47 Å². The third kappa shape index (κ3) is 3.33. The number of thioether (sulfide) groups is 1. The van der Waals surface area contributed by atoms with Crippen molar-refractivity contribution in [3.8, 4) is 0 Å². The molecule has 0 spiro atoms. The van der Waals surface area contributed by atoms with Gasteiger partial charge >= 0.3 is 6.03 Å². The third-order valence-electron chi connectivity index (χ3n) is 4.03. The molecule has 1 aliphatic heterocycles. The smallest absolute Gasteiger partial charge is 0.331 e. The van der Waals surface area contributed by atoms with Gasteiger partial charge in [0, 0.05) is 18.7 Å². The zero-order valence-corrected chi connectivity index (χ0v) is 16.4. The summed E-state index contributed by atoms with van der Waals surface area (Å²) in [7, 11) is 2.97. The molecule has 1 atom stereocenters. The first-order valence-electron chi connectivity index (χ1n) is 7.39. The lowest BCUT2D eigenvalue weighted by Gasteiger charge is -2.35.